The second-order valence-corrected chi connectivity index (χ2v) is 7.04. The standard InChI is InChI=1S/C14H24ClN/c1-10-8-16(5-4-14(10)15)9-13-7-11-2-3-12(13)6-11/h10-14H,2-9H2,1H3. The van der Waals surface area contributed by atoms with Crippen LogP contribution >= 0.6 is 11.6 Å². The maximum Gasteiger partial charge on any atom is 0.0386 e. The van der Waals surface area contributed by atoms with E-state index in [1.807, 2.05) is 0 Å². The zero-order valence-electron chi connectivity index (χ0n) is 10.4. The highest BCUT2D eigenvalue weighted by atomic mass is 35.5. The van der Waals surface area contributed by atoms with Crippen LogP contribution in [-0.2, 0) is 0 Å². The number of piperidine rings is 1. The number of hydrogen-bond donors (Lipinski definition) is 0. The van der Waals surface area contributed by atoms with Crippen molar-refractivity contribution in [2.24, 2.45) is 23.7 Å². The molecule has 5 unspecified atom stereocenters. The van der Waals surface area contributed by atoms with Crippen molar-refractivity contribution < 1.29 is 0 Å². The number of hydrogen-bond acceptors (Lipinski definition) is 1. The fourth-order valence-corrected chi connectivity index (χ4v) is 4.48. The molecule has 1 heterocycles. The predicted octanol–water partition coefficient (Wildman–Crippen LogP) is 3.37. The van der Waals surface area contributed by atoms with E-state index in [9.17, 15) is 0 Å². The van der Waals surface area contributed by atoms with Gasteiger partial charge < -0.3 is 4.90 Å². The van der Waals surface area contributed by atoms with Gasteiger partial charge in [-0.25, -0.2) is 0 Å². The fourth-order valence-electron chi connectivity index (χ4n) is 4.30. The molecule has 92 valence electrons. The number of alkyl halides is 1. The molecule has 16 heavy (non-hydrogen) atoms. The van der Waals surface area contributed by atoms with Crippen LogP contribution < -0.4 is 0 Å². The molecule has 0 spiro atoms. The number of halogens is 1. The highest BCUT2D eigenvalue weighted by Gasteiger charge is 2.40. The summed E-state index contributed by atoms with van der Waals surface area (Å²) in [5.74, 6) is 3.89. The lowest BCUT2D eigenvalue weighted by Gasteiger charge is -2.37. The zero-order chi connectivity index (χ0) is 11.1. The van der Waals surface area contributed by atoms with Crippen LogP contribution in [-0.4, -0.2) is 29.9 Å². The van der Waals surface area contributed by atoms with Crippen LogP contribution in [0.25, 0.3) is 0 Å². The Morgan fingerprint density at radius 3 is 2.69 bits per heavy atom. The molecule has 5 atom stereocenters. The number of fused-ring (bicyclic) bond motifs is 2. The molecule has 1 saturated heterocycles. The smallest absolute Gasteiger partial charge is 0.0386 e. The Balaban J connectivity index is 1.52. The Kier molecular flexibility index (Phi) is 3.19. The van der Waals surface area contributed by atoms with Gasteiger partial charge in [0, 0.05) is 18.5 Å². The van der Waals surface area contributed by atoms with E-state index in [0.717, 1.165) is 17.8 Å². The molecule has 2 saturated carbocycles. The van der Waals surface area contributed by atoms with Gasteiger partial charge in [-0.1, -0.05) is 13.3 Å². The molecular formula is C14H24ClN. The van der Waals surface area contributed by atoms with Crippen molar-refractivity contribution in [1.82, 2.24) is 4.90 Å². The van der Waals surface area contributed by atoms with E-state index < -0.39 is 0 Å². The summed E-state index contributed by atoms with van der Waals surface area (Å²) in [6, 6.07) is 0. The van der Waals surface area contributed by atoms with Gasteiger partial charge >= 0.3 is 0 Å². The first kappa shape index (κ1) is 11.3. The molecule has 1 nitrogen and oxygen atoms in total. The van der Waals surface area contributed by atoms with Crippen molar-refractivity contribution in [3.63, 3.8) is 0 Å². The second-order valence-electron chi connectivity index (χ2n) is 6.48. The highest BCUT2D eigenvalue weighted by molar-refractivity contribution is 6.20. The van der Waals surface area contributed by atoms with Crippen LogP contribution in [0, 0.1) is 23.7 Å². The fraction of sp³-hybridized carbons (Fsp3) is 1.00. The SMILES string of the molecule is CC1CN(CC2CC3CCC2C3)CCC1Cl. The van der Waals surface area contributed by atoms with Crippen molar-refractivity contribution in [3.05, 3.63) is 0 Å². The van der Waals surface area contributed by atoms with Gasteiger partial charge in [0.05, 0.1) is 0 Å². The van der Waals surface area contributed by atoms with Crippen LogP contribution in [0.3, 0.4) is 0 Å². The number of likely N-dealkylation sites (tertiary alicyclic amines) is 1. The molecule has 3 aliphatic rings. The summed E-state index contributed by atoms with van der Waals surface area (Å²) < 4.78 is 0. The first-order valence-electron chi connectivity index (χ1n) is 7.09. The average Bonchev–Trinajstić information content (AvgIpc) is 2.85. The Labute approximate surface area is 105 Å². The molecule has 0 radical (unpaired) electrons. The Hall–Kier alpha value is 0.250. The molecular weight excluding hydrogens is 218 g/mol. The van der Waals surface area contributed by atoms with Gasteiger partial charge in [-0.05, 0) is 55.9 Å². The van der Waals surface area contributed by atoms with Crippen molar-refractivity contribution in [2.75, 3.05) is 19.6 Å². The van der Waals surface area contributed by atoms with E-state index in [2.05, 4.69) is 11.8 Å². The molecule has 0 amide bonds. The first-order chi connectivity index (χ1) is 7.72. The number of rotatable bonds is 2. The van der Waals surface area contributed by atoms with Crippen molar-refractivity contribution in [1.29, 1.82) is 0 Å². The normalized spacial score (nSPS) is 48.8. The third kappa shape index (κ3) is 2.13. The average molecular weight is 242 g/mol. The van der Waals surface area contributed by atoms with Gasteiger partial charge in [-0.2, -0.15) is 0 Å². The van der Waals surface area contributed by atoms with E-state index in [1.165, 1.54) is 45.3 Å². The third-order valence-electron chi connectivity index (χ3n) is 5.26. The Morgan fingerprint density at radius 2 is 2.06 bits per heavy atom. The lowest BCUT2D eigenvalue weighted by molar-refractivity contribution is 0.140. The van der Waals surface area contributed by atoms with Crippen molar-refractivity contribution >= 4 is 11.6 Å². The monoisotopic (exact) mass is 241 g/mol. The van der Waals surface area contributed by atoms with Crippen LogP contribution in [0.4, 0.5) is 0 Å². The van der Waals surface area contributed by atoms with Gasteiger partial charge in [-0.15, -0.1) is 11.6 Å². The first-order valence-corrected chi connectivity index (χ1v) is 7.52. The summed E-state index contributed by atoms with van der Waals surface area (Å²) in [7, 11) is 0. The van der Waals surface area contributed by atoms with E-state index in [1.54, 1.807) is 6.42 Å². The number of nitrogens with zero attached hydrogens (tertiary/aromatic N) is 1. The molecule has 2 aliphatic carbocycles. The summed E-state index contributed by atoms with van der Waals surface area (Å²) in [6.07, 6.45) is 7.33. The quantitative estimate of drug-likeness (QED) is 0.670. The van der Waals surface area contributed by atoms with Crippen LogP contribution in [0.2, 0.25) is 0 Å². The highest BCUT2D eigenvalue weighted by Crippen LogP contribution is 2.48. The molecule has 3 fully saturated rings. The molecule has 0 aromatic rings. The maximum atomic E-state index is 6.29. The van der Waals surface area contributed by atoms with E-state index >= 15 is 0 Å². The van der Waals surface area contributed by atoms with Crippen LogP contribution in [0.15, 0.2) is 0 Å². The van der Waals surface area contributed by atoms with Crippen LogP contribution in [0.5, 0.6) is 0 Å². The summed E-state index contributed by atoms with van der Waals surface area (Å²) in [6.45, 7) is 6.16. The van der Waals surface area contributed by atoms with Gasteiger partial charge in [0.25, 0.3) is 0 Å². The summed E-state index contributed by atoms with van der Waals surface area (Å²) >= 11 is 6.29. The molecule has 0 aromatic carbocycles. The molecule has 0 aromatic heterocycles. The van der Waals surface area contributed by atoms with E-state index in [0.29, 0.717) is 11.3 Å². The Morgan fingerprint density at radius 1 is 1.19 bits per heavy atom. The van der Waals surface area contributed by atoms with Gasteiger partial charge in [0.15, 0.2) is 0 Å². The third-order valence-corrected chi connectivity index (χ3v) is 5.91. The Bertz CT molecular complexity index is 255. The summed E-state index contributed by atoms with van der Waals surface area (Å²) in [5, 5.41) is 0.427. The van der Waals surface area contributed by atoms with Crippen molar-refractivity contribution in [2.45, 2.75) is 44.4 Å². The van der Waals surface area contributed by atoms with Crippen LogP contribution in [0.1, 0.15) is 39.0 Å². The second kappa shape index (κ2) is 4.49. The maximum absolute atomic E-state index is 6.29. The minimum atomic E-state index is 0.427. The minimum Gasteiger partial charge on any atom is -0.303 e. The zero-order valence-corrected chi connectivity index (χ0v) is 11.1. The van der Waals surface area contributed by atoms with Gasteiger partial charge in [0.1, 0.15) is 0 Å². The van der Waals surface area contributed by atoms with E-state index in [4.69, 9.17) is 11.6 Å². The predicted molar refractivity (Wildman–Crippen MR) is 68.8 cm³/mol. The molecule has 1 aliphatic heterocycles. The lowest BCUT2D eigenvalue weighted by atomic mass is 9.87. The van der Waals surface area contributed by atoms with Gasteiger partial charge in [0.2, 0.25) is 0 Å². The van der Waals surface area contributed by atoms with Crippen molar-refractivity contribution in [3.8, 4) is 0 Å². The summed E-state index contributed by atoms with van der Waals surface area (Å²) in [5.41, 5.74) is 0. The lowest BCUT2D eigenvalue weighted by Crippen LogP contribution is -2.42. The molecule has 2 heteroatoms. The molecule has 0 N–H and O–H groups in total. The molecule has 2 bridgehead atoms. The van der Waals surface area contributed by atoms with Gasteiger partial charge in [-0.3, -0.25) is 0 Å². The minimum absolute atomic E-state index is 0.427. The van der Waals surface area contributed by atoms with E-state index in [-0.39, 0.29) is 0 Å². The molecule has 3 rings (SSSR count). The summed E-state index contributed by atoms with van der Waals surface area (Å²) in [4.78, 5) is 2.69. The topological polar surface area (TPSA) is 3.24 Å². The largest absolute Gasteiger partial charge is 0.303 e.